The van der Waals surface area contributed by atoms with Crippen LogP contribution in [0.1, 0.15) is 18.4 Å². The van der Waals surface area contributed by atoms with Crippen LogP contribution in [0.5, 0.6) is 0 Å². The zero-order valence-electron chi connectivity index (χ0n) is 9.98. The van der Waals surface area contributed by atoms with E-state index in [1.165, 1.54) is 0 Å². The zero-order valence-corrected chi connectivity index (χ0v) is 9.98. The van der Waals surface area contributed by atoms with Gasteiger partial charge in [0.2, 0.25) is 6.41 Å². The minimum atomic E-state index is -0.321. The first-order valence-corrected chi connectivity index (χ1v) is 6.11. The largest absolute Gasteiger partial charge is 0.345 e. The zero-order chi connectivity index (χ0) is 12.6. The SMILES string of the molecule is O=CN1CCC2(CC1)NC(=O)Nc1ccccc12. The van der Waals surface area contributed by atoms with E-state index in [1.807, 2.05) is 24.3 Å². The maximum absolute atomic E-state index is 11.7. The summed E-state index contributed by atoms with van der Waals surface area (Å²) in [4.78, 5) is 24.3. The van der Waals surface area contributed by atoms with E-state index in [2.05, 4.69) is 10.6 Å². The molecule has 5 nitrogen and oxygen atoms in total. The summed E-state index contributed by atoms with van der Waals surface area (Å²) in [6.07, 6.45) is 2.40. The first-order valence-electron chi connectivity index (χ1n) is 6.11. The Labute approximate surface area is 105 Å². The quantitative estimate of drug-likeness (QED) is 0.732. The first-order chi connectivity index (χ1) is 8.73. The molecule has 1 aromatic carbocycles. The molecule has 0 radical (unpaired) electrons. The van der Waals surface area contributed by atoms with Gasteiger partial charge in [0, 0.05) is 24.3 Å². The Morgan fingerprint density at radius 1 is 1.22 bits per heavy atom. The van der Waals surface area contributed by atoms with Crippen LogP contribution in [-0.4, -0.2) is 30.4 Å². The average Bonchev–Trinajstić information content (AvgIpc) is 2.39. The highest BCUT2D eigenvalue weighted by molar-refractivity contribution is 5.93. The minimum absolute atomic E-state index is 0.159. The van der Waals surface area contributed by atoms with Crippen LogP contribution in [0.4, 0.5) is 10.5 Å². The lowest BCUT2D eigenvalue weighted by molar-refractivity contribution is -0.119. The van der Waals surface area contributed by atoms with Gasteiger partial charge >= 0.3 is 6.03 Å². The Morgan fingerprint density at radius 3 is 2.67 bits per heavy atom. The number of para-hydroxylation sites is 1. The van der Waals surface area contributed by atoms with Crippen molar-refractivity contribution in [3.05, 3.63) is 29.8 Å². The summed E-state index contributed by atoms with van der Waals surface area (Å²) in [6, 6.07) is 7.69. The van der Waals surface area contributed by atoms with Crippen molar-refractivity contribution < 1.29 is 9.59 Å². The van der Waals surface area contributed by atoms with Crippen LogP contribution in [0, 0.1) is 0 Å². The van der Waals surface area contributed by atoms with Crippen LogP contribution in [0.2, 0.25) is 0 Å². The molecule has 3 amide bonds. The van der Waals surface area contributed by atoms with E-state index in [4.69, 9.17) is 0 Å². The number of benzene rings is 1. The van der Waals surface area contributed by atoms with Crippen LogP contribution in [0.15, 0.2) is 24.3 Å². The molecule has 1 spiro atoms. The van der Waals surface area contributed by atoms with Crippen molar-refractivity contribution in [3.8, 4) is 0 Å². The summed E-state index contributed by atoms with van der Waals surface area (Å²) in [6.45, 7) is 1.36. The number of nitrogens with zero attached hydrogens (tertiary/aromatic N) is 1. The van der Waals surface area contributed by atoms with Gasteiger partial charge in [0.1, 0.15) is 0 Å². The molecular formula is C13H15N3O2. The third kappa shape index (κ3) is 1.63. The van der Waals surface area contributed by atoms with Gasteiger partial charge in [0.05, 0.1) is 5.54 Å². The Balaban J connectivity index is 1.97. The van der Waals surface area contributed by atoms with Gasteiger partial charge in [-0.05, 0) is 18.9 Å². The maximum atomic E-state index is 11.7. The summed E-state index contributed by atoms with van der Waals surface area (Å²) in [7, 11) is 0. The van der Waals surface area contributed by atoms with Crippen molar-refractivity contribution in [2.24, 2.45) is 0 Å². The highest BCUT2D eigenvalue weighted by atomic mass is 16.2. The minimum Gasteiger partial charge on any atom is -0.345 e. The molecule has 2 N–H and O–H groups in total. The fourth-order valence-corrected chi connectivity index (χ4v) is 2.85. The third-order valence-electron chi connectivity index (χ3n) is 3.84. The predicted molar refractivity (Wildman–Crippen MR) is 67.1 cm³/mol. The number of rotatable bonds is 1. The number of urea groups is 1. The molecule has 5 heteroatoms. The molecule has 1 aromatic rings. The third-order valence-corrected chi connectivity index (χ3v) is 3.84. The summed E-state index contributed by atoms with van der Waals surface area (Å²) in [5, 5.41) is 5.86. The molecule has 94 valence electrons. The topological polar surface area (TPSA) is 61.4 Å². The Bertz CT molecular complexity index is 493. The lowest BCUT2D eigenvalue weighted by atomic mass is 9.79. The fraction of sp³-hybridized carbons (Fsp3) is 0.385. The fourth-order valence-electron chi connectivity index (χ4n) is 2.85. The van der Waals surface area contributed by atoms with E-state index in [0.29, 0.717) is 13.1 Å². The summed E-state index contributed by atoms with van der Waals surface area (Å²) in [5.41, 5.74) is 1.68. The Kier molecular flexibility index (Phi) is 2.47. The second-order valence-electron chi connectivity index (χ2n) is 4.85. The van der Waals surface area contributed by atoms with Crippen molar-refractivity contribution in [2.45, 2.75) is 18.4 Å². The number of anilines is 1. The molecule has 18 heavy (non-hydrogen) atoms. The Hall–Kier alpha value is -2.04. The van der Waals surface area contributed by atoms with Crippen molar-refractivity contribution >= 4 is 18.1 Å². The summed E-state index contributed by atoms with van der Waals surface area (Å²) < 4.78 is 0. The van der Waals surface area contributed by atoms with Gasteiger partial charge in [0.15, 0.2) is 0 Å². The van der Waals surface area contributed by atoms with Gasteiger partial charge in [-0.1, -0.05) is 18.2 Å². The number of nitrogens with one attached hydrogen (secondary N) is 2. The first kappa shape index (κ1) is 11.1. The highest BCUT2D eigenvalue weighted by Gasteiger charge is 2.41. The van der Waals surface area contributed by atoms with Crippen LogP contribution in [-0.2, 0) is 10.3 Å². The van der Waals surface area contributed by atoms with Crippen LogP contribution < -0.4 is 10.6 Å². The van der Waals surface area contributed by atoms with Gasteiger partial charge in [-0.3, -0.25) is 4.79 Å². The molecule has 0 bridgehead atoms. The molecule has 1 saturated heterocycles. The maximum Gasteiger partial charge on any atom is 0.319 e. The number of hydrogen-bond acceptors (Lipinski definition) is 2. The van der Waals surface area contributed by atoms with Gasteiger partial charge < -0.3 is 15.5 Å². The average molecular weight is 245 g/mol. The second-order valence-corrected chi connectivity index (χ2v) is 4.85. The molecule has 2 aliphatic rings. The van der Waals surface area contributed by atoms with Crippen LogP contribution in [0.3, 0.4) is 0 Å². The number of likely N-dealkylation sites (tertiary alicyclic amines) is 1. The van der Waals surface area contributed by atoms with Crippen LogP contribution in [0.25, 0.3) is 0 Å². The smallest absolute Gasteiger partial charge is 0.319 e. The molecule has 0 atom stereocenters. The van der Waals surface area contributed by atoms with Gasteiger partial charge in [-0.25, -0.2) is 4.79 Å². The van der Waals surface area contributed by atoms with Gasteiger partial charge in [0.25, 0.3) is 0 Å². The number of hydrogen-bond donors (Lipinski definition) is 2. The monoisotopic (exact) mass is 245 g/mol. The molecule has 2 heterocycles. The lowest BCUT2D eigenvalue weighted by Gasteiger charge is -2.44. The van der Waals surface area contributed by atoms with Crippen molar-refractivity contribution in [2.75, 3.05) is 18.4 Å². The van der Waals surface area contributed by atoms with E-state index in [1.54, 1.807) is 4.90 Å². The number of carbonyl (C=O) groups is 2. The van der Waals surface area contributed by atoms with Crippen molar-refractivity contribution in [1.82, 2.24) is 10.2 Å². The van der Waals surface area contributed by atoms with E-state index in [9.17, 15) is 9.59 Å². The Morgan fingerprint density at radius 2 is 1.94 bits per heavy atom. The van der Waals surface area contributed by atoms with Crippen molar-refractivity contribution in [3.63, 3.8) is 0 Å². The number of fused-ring (bicyclic) bond motifs is 2. The molecule has 0 unspecified atom stereocenters. The van der Waals surface area contributed by atoms with Gasteiger partial charge in [-0.15, -0.1) is 0 Å². The normalized spacial score (nSPS) is 20.9. The number of carbonyl (C=O) groups excluding carboxylic acids is 2. The van der Waals surface area contributed by atoms with Crippen LogP contribution >= 0.6 is 0 Å². The molecule has 3 rings (SSSR count). The van der Waals surface area contributed by atoms with E-state index in [-0.39, 0.29) is 11.6 Å². The second kappa shape index (κ2) is 4.01. The van der Waals surface area contributed by atoms with E-state index in [0.717, 1.165) is 30.5 Å². The molecule has 0 aliphatic carbocycles. The molecule has 0 aromatic heterocycles. The summed E-state index contributed by atoms with van der Waals surface area (Å²) in [5.74, 6) is 0. The standard InChI is InChI=1S/C13H15N3O2/c17-9-16-7-5-13(6-8-16)10-3-1-2-4-11(10)14-12(18)15-13/h1-4,9H,5-8H2,(H2,14,15,18). The summed E-state index contributed by atoms with van der Waals surface area (Å²) >= 11 is 0. The molecular weight excluding hydrogens is 230 g/mol. The number of piperidine rings is 1. The van der Waals surface area contributed by atoms with Crippen molar-refractivity contribution in [1.29, 1.82) is 0 Å². The van der Waals surface area contributed by atoms with Gasteiger partial charge in [-0.2, -0.15) is 0 Å². The molecule has 2 aliphatic heterocycles. The predicted octanol–water partition coefficient (Wildman–Crippen LogP) is 1.27. The van der Waals surface area contributed by atoms with E-state index < -0.39 is 0 Å². The number of amides is 3. The van der Waals surface area contributed by atoms with E-state index >= 15 is 0 Å². The molecule has 0 saturated carbocycles. The highest BCUT2D eigenvalue weighted by Crippen LogP contribution is 2.39. The molecule has 1 fully saturated rings. The lowest BCUT2D eigenvalue weighted by Crippen LogP contribution is -2.56.